The molecule has 1 aromatic rings. The third kappa shape index (κ3) is 5.56. The van der Waals surface area contributed by atoms with Gasteiger partial charge in [-0.25, -0.2) is 0 Å². The van der Waals surface area contributed by atoms with Crippen molar-refractivity contribution in [1.29, 1.82) is 0 Å². The Morgan fingerprint density at radius 2 is 2.05 bits per heavy atom. The summed E-state index contributed by atoms with van der Waals surface area (Å²) < 4.78 is 63.0. The largest absolute Gasteiger partial charge is 0.413 e. The Bertz CT molecular complexity index is 626. The molecule has 1 amide bonds. The highest BCUT2D eigenvalue weighted by atomic mass is 32.2. The van der Waals surface area contributed by atoms with E-state index < -0.39 is 33.7 Å². The molecule has 0 saturated carbocycles. The van der Waals surface area contributed by atoms with Gasteiger partial charge in [0, 0.05) is 12.1 Å². The molecule has 1 rings (SSSR count). The smallest absolute Gasteiger partial charge is 0.349 e. The number of carbonyl (C=O) groups excluding carboxylic acids is 1. The maximum atomic E-state index is 12.0. The summed E-state index contributed by atoms with van der Waals surface area (Å²) in [7, 11) is -4.59. The van der Waals surface area contributed by atoms with Gasteiger partial charge in [0.2, 0.25) is 0 Å². The highest BCUT2D eigenvalue weighted by molar-refractivity contribution is 7.86. The first-order valence-corrected chi connectivity index (χ1v) is 7.02. The molecular formula is C12H12F3NO4S. The minimum Gasteiger partial charge on any atom is -0.349 e. The molecule has 0 atom stereocenters. The summed E-state index contributed by atoms with van der Waals surface area (Å²) in [6, 6.07) is 4.52. The summed E-state index contributed by atoms with van der Waals surface area (Å²) in [5.74, 6) is -0.581. The summed E-state index contributed by atoms with van der Waals surface area (Å²) in [5.41, 5.74) is -0.0199. The van der Waals surface area contributed by atoms with Crippen LogP contribution in [-0.4, -0.2) is 33.7 Å². The van der Waals surface area contributed by atoms with Crippen molar-refractivity contribution in [2.24, 2.45) is 0 Å². The molecule has 0 aliphatic rings. The number of nitrogens with one attached hydrogen (secondary N) is 1. The van der Waals surface area contributed by atoms with Crippen LogP contribution in [0, 0.1) is 0 Å². The molecule has 0 aliphatic carbocycles. The minimum absolute atomic E-state index is 0.0199. The molecule has 0 radical (unpaired) electrons. The predicted octanol–water partition coefficient (Wildman–Crippen LogP) is 1.87. The molecule has 116 valence electrons. The molecule has 0 fully saturated rings. The van der Waals surface area contributed by atoms with Gasteiger partial charge in [-0.2, -0.15) is 21.6 Å². The van der Waals surface area contributed by atoms with Gasteiger partial charge in [-0.3, -0.25) is 8.98 Å². The van der Waals surface area contributed by atoms with Crippen LogP contribution in [0.4, 0.5) is 13.2 Å². The molecule has 1 aromatic carbocycles. The zero-order valence-corrected chi connectivity index (χ0v) is 11.5. The fourth-order valence-electron chi connectivity index (χ4n) is 1.27. The van der Waals surface area contributed by atoms with Crippen LogP contribution in [0.5, 0.6) is 0 Å². The Morgan fingerprint density at radius 3 is 2.62 bits per heavy atom. The van der Waals surface area contributed by atoms with Crippen molar-refractivity contribution in [3.63, 3.8) is 0 Å². The SMILES string of the molecule is C=CCNC(=O)c1cccc(S(=O)(=O)OCC(F)(F)F)c1. The van der Waals surface area contributed by atoms with Crippen LogP contribution < -0.4 is 5.32 Å². The van der Waals surface area contributed by atoms with E-state index in [-0.39, 0.29) is 12.1 Å². The summed E-state index contributed by atoms with van der Waals surface area (Å²) in [6.45, 7) is 1.63. The van der Waals surface area contributed by atoms with E-state index in [1.165, 1.54) is 18.2 Å². The van der Waals surface area contributed by atoms with Gasteiger partial charge in [-0.05, 0) is 18.2 Å². The topological polar surface area (TPSA) is 72.5 Å². The van der Waals surface area contributed by atoms with Gasteiger partial charge in [0.25, 0.3) is 16.0 Å². The number of benzene rings is 1. The Kier molecular flexibility index (Phi) is 5.50. The van der Waals surface area contributed by atoms with Gasteiger partial charge in [-0.1, -0.05) is 12.1 Å². The van der Waals surface area contributed by atoms with Crippen molar-refractivity contribution in [3.05, 3.63) is 42.5 Å². The van der Waals surface area contributed by atoms with Gasteiger partial charge in [0.1, 0.15) is 0 Å². The van der Waals surface area contributed by atoms with E-state index in [1.807, 2.05) is 0 Å². The number of alkyl halides is 3. The first-order valence-electron chi connectivity index (χ1n) is 5.61. The monoisotopic (exact) mass is 323 g/mol. The molecule has 0 bridgehead atoms. The Labute approximate surface area is 119 Å². The molecule has 5 nitrogen and oxygen atoms in total. The van der Waals surface area contributed by atoms with Crippen molar-refractivity contribution < 1.29 is 30.6 Å². The van der Waals surface area contributed by atoms with Crippen molar-refractivity contribution >= 4 is 16.0 Å². The van der Waals surface area contributed by atoms with E-state index in [9.17, 15) is 26.4 Å². The second-order valence-corrected chi connectivity index (χ2v) is 5.47. The lowest BCUT2D eigenvalue weighted by Crippen LogP contribution is -2.24. The quantitative estimate of drug-likeness (QED) is 0.641. The highest BCUT2D eigenvalue weighted by Gasteiger charge is 2.31. The molecule has 0 aromatic heterocycles. The zero-order valence-electron chi connectivity index (χ0n) is 10.7. The number of carbonyl (C=O) groups is 1. The number of rotatable bonds is 6. The lowest BCUT2D eigenvalue weighted by molar-refractivity contribution is -0.152. The van der Waals surface area contributed by atoms with Crippen molar-refractivity contribution in [2.75, 3.05) is 13.2 Å². The van der Waals surface area contributed by atoms with Gasteiger partial charge in [0.05, 0.1) is 4.90 Å². The molecule has 9 heteroatoms. The normalized spacial score (nSPS) is 12.0. The Hall–Kier alpha value is -1.87. The van der Waals surface area contributed by atoms with E-state index in [4.69, 9.17) is 0 Å². The predicted molar refractivity (Wildman–Crippen MR) is 68.2 cm³/mol. The molecule has 0 unspecified atom stereocenters. The van der Waals surface area contributed by atoms with Crippen LogP contribution in [-0.2, 0) is 14.3 Å². The van der Waals surface area contributed by atoms with E-state index in [0.717, 1.165) is 12.1 Å². The van der Waals surface area contributed by atoms with Crippen LogP contribution in [0.25, 0.3) is 0 Å². The van der Waals surface area contributed by atoms with Crippen molar-refractivity contribution in [1.82, 2.24) is 5.32 Å². The van der Waals surface area contributed by atoms with E-state index in [0.29, 0.717) is 0 Å². The second kappa shape index (κ2) is 6.72. The third-order valence-electron chi connectivity index (χ3n) is 2.17. The number of hydrogen-bond donors (Lipinski definition) is 1. The highest BCUT2D eigenvalue weighted by Crippen LogP contribution is 2.20. The molecular weight excluding hydrogens is 311 g/mol. The summed E-state index contributed by atoms with van der Waals surface area (Å²) >= 11 is 0. The maximum Gasteiger partial charge on any atom is 0.413 e. The van der Waals surface area contributed by atoms with Crippen molar-refractivity contribution in [3.8, 4) is 0 Å². The lowest BCUT2D eigenvalue weighted by Gasteiger charge is -2.09. The lowest BCUT2D eigenvalue weighted by atomic mass is 10.2. The average molecular weight is 323 g/mol. The summed E-state index contributed by atoms with van der Waals surface area (Å²) in [4.78, 5) is 11.1. The third-order valence-corrected chi connectivity index (χ3v) is 3.43. The molecule has 0 heterocycles. The van der Waals surface area contributed by atoms with Gasteiger partial charge < -0.3 is 5.32 Å². The Morgan fingerprint density at radius 1 is 1.38 bits per heavy atom. The van der Waals surface area contributed by atoms with Gasteiger partial charge in [0.15, 0.2) is 6.61 Å². The molecule has 1 N–H and O–H groups in total. The number of amides is 1. The summed E-state index contributed by atoms with van der Waals surface area (Å²) in [6.07, 6.45) is -3.35. The Balaban J connectivity index is 2.93. The number of halogens is 3. The molecule has 0 saturated heterocycles. The van der Waals surface area contributed by atoms with Crippen LogP contribution in [0.2, 0.25) is 0 Å². The maximum absolute atomic E-state index is 12.0. The summed E-state index contributed by atoms with van der Waals surface area (Å²) in [5, 5.41) is 2.41. The van der Waals surface area contributed by atoms with Gasteiger partial charge in [-0.15, -0.1) is 6.58 Å². The fraction of sp³-hybridized carbons (Fsp3) is 0.250. The zero-order chi connectivity index (χ0) is 16.1. The van der Waals surface area contributed by atoms with Crippen LogP contribution in [0.3, 0.4) is 0 Å². The van der Waals surface area contributed by atoms with Crippen LogP contribution in [0.15, 0.2) is 41.8 Å². The minimum atomic E-state index is -4.77. The van der Waals surface area contributed by atoms with Gasteiger partial charge >= 0.3 is 6.18 Å². The van der Waals surface area contributed by atoms with Crippen LogP contribution in [0.1, 0.15) is 10.4 Å². The molecule has 0 aliphatic heterocycles. The first-order chi connectivity index (χ1) is 9.65. The van der Waals surface area contributed by atoms with E-state index in [2.05, 4.69) is 16.1 Å². The van der Waals surface area contributed by atoms with E-state index in [1.54, 1.807) is 0 Å². The number of hydrogen-bond acceptors (Lipinski definition) is 4. The van der Waals surface area contributed by atoms with Crippen molar-refractivity contribution in [2.45, 2.75) is 11.1 Å². The van der Waals surface area contributed by atoms with E-state index >= 15 is 0 Å². The first kappa shape index (κ1) is 17.2. The second-order valence-electron chi connectivity index (χ2n) is 3.86. The fourth-order valence-corrected chi connectivity index (χ4v) is 2.21. The average Bonchev–Trinajstić information content (AvgIpc) is 2.42. The molecule has 21 heavy (non-hydrogen) atoms. The van der Waals surface area contributed by atoms with Crippen LogP contribution >= 0.6 is 0 Å². The standard InChI is InChI=1S/C12H12F3NO4S/c1-2-6-16-11(17)9-4-3-5-10(7-9)21(18,19)20-8-12(13,14)15/h2-5,7H,1,6,8H2,(H,16,17). The molecule has 0 spiro atoms.